The minimum Gasteiger partial charge on any atom is -0.436 e. The highest BCUT2D eigenvalue weighted by Gasteiger charge is 2.12. The molecule has 4 heteroatoms. The predicted octanol–water partition coefficient (Wildman–Crippen LogP) is 6.17. The molecule has 0 atom stereocenters. The standard InChI is InChI=1S/C23H22N2O2/c1-2-3-4-12-22(26)24-17-13-14-21-20(15-17)25-23(27-21)19-11-7-9-16-8-5-6-10-18(16)19/h5-11,13-15H,2-4,12H2,1H3,(H,24,26). The van der Waals surface area contributed by atoms with Crippen molar-refractivity contribution in [1.82, 2.24) is 4.98 Å². The quantitative estimate of drug-likeness (QED) is 0.420. The maximum atomic E-state index is 12.0. The van der Waals surface area contributed by atoms with Crippen LogP contribution in [-0.2, 0) is 4.79 Å². The average molecular weight is 358 g/mol. The smallest absolute Gasteiger partial charge is 0.227 e. The van der Waals surface area contributed by atoms with Crippen LogP contribution in [0.4, 0.5) is 5.69 Å². The number of hydrogen-bond acceptors (Lipinski definition) is 3. The Morgan fingerprint density at radius 3 is 2.78 bits per heavy atom. The van der Waals surface area contributed by atoms with Gasteiger partial charge in [0.05, 0.1) is 0 Å². The molecule has 0 aliphatic rings. The first-order valence-corrected chi connectivity index (χ1v) is 9.43. The summed E-state index contributed by atoms with van der Waals surface area (Å²) in [5, 5.41) is 5.21. The van der Waals surface area contributed by atoms with Crippen LogP contribution in [0.25, 0.3) is 33.3 Å². The van der Waals surface area contributed by atoms with E-state index in [0.717, 1.165) is 46.8 Å². The van der Waals surface area contributed by atoms with Crippen LogP contribution in [-0.4, -0.2) is 10.9 Å². The summed E-state index contributed by atoms with van der Waals surface area (Å²) in [6, 6.07) is 19.9. The van der Waals surface area contributed by atoms with Crippen LogP contribution in [0.1, 0.15) is 32.6 Å². The molecule has 0 aliphatic heterocycles. The van der Waals surface area contributed by atoms with Gasteiger partial charge < -0.3 is 9.73 Å². The number of unbranched alkanes of at least 4 members (excludes halogenated alkanes) is 2. The summed E-state index contributed by atoms with van der Waals surface area (Å²) in [5.74, 6) is 0.633. The topological polar surface area (TPSA) is 55.1 Å². The van der Waals surface area contributed by atoms with Gasteiger partial charge in [-0.1, -0.05) is 56.2 Å². The van der Waals surface area contributed by atoms with Crippen LogP contribution in [0, 0.1) is 0 Å². The van der Waals surface area contributed by atoms with Gasteiger partial charge in [0.1, 0.15) is 5.52 Å². The molecular weight excluding hydrogens is 336 g/mol. The van der Waals surface area contributed by atoms with Crippen molar-refractivity contribution >= 4 is 33.5 Å². The lowest BCUT2D eigenvalue weighted by Gasteiger charge is -2.04. The van der Waals surface area contributed by atoms with Crippen molar-refractivity contribution < 1.29 is 9.21 Å². The van der Waals surface area contributed by atoms with Crippen LogP contribution in [0.15, 0.2) is 65.1 Å². The number of anilines is 1. The van der Waals surface area contributed by atoms with Crippen molar-refractivity contribution in [1.29, 1.82) is 0 Å². The molecule has 4 rings (SSSR count). The summed E-state index contributed by atoms with van der Waals surface area (Å²) in [4.78, 5) is 16.7. The van der Waals surface area contributed by atoms with Gasteiger partial charge in [0.15, 0.2) is 5.58 Å². The average Bonchev–Trinajstić information content (AvgIpc) is 3.11. The van der Waals surface area contributed by atoms with Crippen LogP contribution in [0.2, 0.25) is 0 Å². The van der Waals surface area contributed by atoms with E-state index in [4.69, 9.17) is 4.42 Å². The Hall–Kier alpha value is -3.14. The molecule has 1 heterocycles. The Labute approximate surface area is 158 Å². The summed E-state index contributed by atoms with van der Waals surface area (Å²) in [5.41, 5.74) is 3.17. The highest BCUT2D eigenvalue weighted by molar-refractivity contribution is 5.96. The summed E-state index contributed by atoms with van der Waals surface area (Å²) in [7, 11) is 0. The van der Waals surface area contributed by atoms with Gasteiger partial charge >= 0.3 is 0 Å². The zero-order valence-corrected chi connectivity index (χ0v) is 15.4. The first-order valence-electron chi connectivity index (χ1n) is 9.43. The number of fused-ring (bicyclic) bond motifs is 2. The van der Waals surface area contributed by atoms with Crippen LogP contribution in [0.5, 0.6) is 0 Å². The number of oxazole rings is 1. The third-order valence-electron chi connectivity index (χ3n) is 4.70. The lowest BCUT2D eigenvalue weighted by Crippen LogP contribution is -2.10. The SMILES string of the molecule is CCCCCC(=O)Nc1ccc2oc(-c3cccc4ccccc34)nc2c1. The molecule has 0 fully saturated rings. The van der Waals surface area contributed by atoms with E-state index >= 15 is 0 Å². The van der Waals surface area contributed by atoms with Gasteiger partial charge in [-0.05, 0) is 41.5 Å². The molecule has 1 amide bonds. The Morgan fingerprint density at radius 1 is 1.04 bits per heavy atom. The van der Waals surface area contributed by atoms with E-state index in [2.05, 4.69) is 35.4 Å². The molecule has 27 heavy (non-hydrogen) atoms. The highest BCUT2D eigenvalue weighted by Crippen LogP contribution is 2.31. The fourth-order valence-corrected chi connectivity index (χ4v) is 3.29. The molecule has 0 aliphatic carbocycles. The predicted molar refractivity (Wildman–Crippen MR) is 110 cm³/mol. The minimum atomic E-state index is 0.0422. The highest BCUT2D eigenvalue weighted by atomic mass is 16.3. The molecular formula is C23H22N2O2. The fraction of sp³-hybridized carbons (Fsp3) is 0.217. The van der Waals surface area contributed by atoms with Crippen molar-refractivity contribution in [3.8, 4) is 11.5 Å². The third kappa shape index (κ3) is 3.70. The number of carbonyl (C=O) groups excluding carboxylic acids is 1. The van der Waals surface area contributed by atoms with Crippen molar-refractivity contribution in [2.75, 3.05) is 5.32 Å². The number of hydrogen-bond donors (Lipinski definition) is 1. The third-order valence-corrected chi connectivity index (χ3v) is 4.70. The lowest BCUT2D eigenvalue weighted by molar-refractivity contribution is -0.116. The van der Waals surface area contributed by atoms with E-state index in [-0.39, 0.29) is 5.91 Å². The number of amides is 1. The van der Waals surface area contributed by atoms with Gasteiger partial charge in [0.25, 0.3) is 0 Å². The van der Waals surface area contributed by atoms with E-state index in [0.29, 0.717) is 17.9 Å². The minimum absolute atomic E-state index is 0.0422. The lowest BCUT2D eigenvalue weighted by atomic mass is 10.0. The second-order valence-corrected chi connectivity index (χ2v) is 6.73. The molecule has 0 spiro atoms. The second-order valence-electron chi connectivity index (χ2n) is 6.73. The van der Waals surface area contributed by atoms with Crippen LogP contribution in [0.3, 0.4) is 0 Å². The summed E-state index contributed by atoms with van der Waals surface area (Å²) < 4.78 is 5.98. The van der Waals surface area contributed by atoms with Crippen molar-refractivity contribution in [3.63, 3.8) is 0 Å². The number of benzene rings is 3. The summed E-state index contributed by atoms with van der Waals surface area (Å²) >= 11 is 0. The second kappa shape index (κ2) is 7.62. The maximum Gasteiger partial charge on any atom is 0.227 e. The molecule has 3 aromatic carbocycles. The van der Waals surface area contributed by atoms with Crippen molar-refractivity contribution in [2.45, 2.75) is 32.6 Å². The molecule has 0 bridgehead atoms. The summed E-state index contributed by atoms with van der Waals surface area (Å²) in [6.07, 6.45) is 3.64. The number of aromatic nitrogens is 1. The largest absolute Gasteiger partial charge is 0.436 e. The monoisotopic (exact) mass is 358 g/mol. The number of nitrogens with one attached hydrogen (secondary N) is 1. The van der Waals surface area contributed by atoms with Crippen molar-refractivity contribution in [3.05, 3.63) is 60.7 Å². The molecule has 0 saturated carbocycles. The Morgan fingerprint density at radius 2 is 1.89 bits per heavy atom. The van der Waals surface area contributed by atoms with Gasteiger partial charge in [0, 0.05) is 17.7 Å². The molecule has 0 unspecified atom stereocenters. The molecule has 4 nitrogen and oxygen atoms in total. The van der Waals surface area contributed by atoms with Crippen molar-refractivity contribution in [2.24, 2.45) is 0 Å². The number of rotatable bonds is 6. The zero-order valence-electron chi connectivity index (χ0n) is 15.4. The summed E-state index contributed by atoms with van der Waals surface area (Å²) in [6.45, 7) is 2.13. The number of nitrogens with zero attached hydrogens (tertiary/aromatic N) is 1. The van der Waals surface area contributed by atoms with Gasteiger partial charge in [-0.25, -0.2) is 4.98 Å². The zero-order chi connectivity index (χ0) is 18.6. The Bertz CT molecular complexity index is 1090. The van der Waals surface area contributed by atoms with E-state index in [1.54, 1.807) is 0 Å². The van der Waals surface area contributed by atoms with Crippen LogP contribution >= 0.6 is 0 Å². The fourth-order valence-electron chi connectivity index (χ4n) is 3.29. The van der Waals surface area contributed by atoms with E-state index < -0.39 is 0 Å². The van der Waals surface area contributed by atoms with Gasteiger partial charge in [-0.2, -0.15) is 0 Å². The normalized spacial score (nSPS) is 11.1. The first-order chi connectivity index (χ1) is 13.2. The first kappa shape index (κ1) is 17.3. The van der Waals surface area contributed by atoms with E-state index in [1.807, 2.05) is 42.5 Å². The molecule has 1 aromatic heterocycles. The van der Waals surface area contributed by atoms with Gasteiger partial charge in [0.2, 0.25) is 11.8 Å². The van der Waals surface area contributed by atoms with Gasteiger partial charge in [-0.3, -0.25) is 4.79 Å². The molecule has 0 saturated heterocycles. The molecule has 136 valence electrons. The molecule has 0 radical (unpaired) electrons. The van der Waals surface area contributed by atoms with Gasteiger partial charge in [-0.15, -0.1) is 0 Å². The molecule has 1 N–H and O–H groups in total. The number of carbonyl (C=O) groups is 1. The van der Waals surface area contributed by atoms with E-state index in [9.17, 15) is 4.79 Å². The van der Waals surface area contributed by atoms with E-state index in [1.165, 1.54) is 0 Å². The Kier molecular flexibility index (Phi) is 4.88. The molecule has 4 aromatic rings. The van der Waals surface area contributed by atoms with Crippen LogP contribution < -0.4 is 5.32 Å². The maximum absolute atomic E-state index is 12.0. The Balaban J connectivity index is 1.62.